The Balaban J connectivity index is 3.14. The van der Waals surface area contributed by atoms with Crippen LogP contribution in [0, 0.1) is 0 Å². The molecule has 0 unspecified atom stereocenters. The normalized spacial score (nSPS) is 26.8. The van der Waals surface area contributed by atoms with E-state index in [1.165, 1.54) is 13.0 Å². The van der Waals surface area contributed by atoms with Crippen molar-refractivity contribution in [3.63, 3.8) is 0 Å². The molecular formula is C12H19N3O6. The van der Waals surface area contributed by atoms with Crippen LogP contribution in [0.4, 0.5) is 0 Å². The summed E-state index contributed by atoms with van der Waals surface area (Å²) in [6.45, 7) is 0.958. The SMILES string of the molecule is CC(=O)N[C@H]1[C@H]([C@H](O)CCO)OC(C(=O)O)=C[C@@H]1N=CN. The van der Waals surface area contributed by atoms with Crippen molar-refractivity contribution in [2.45, 2.75) is 37.6 Å². The quantitative estimate of drug-likeness (QED) is 0.279. The van der Waals surface area contributed by atoms with Crippen LogP contribution < -0.4 is 11.1 Å². The largest absolute Gasteiger partial charge is 0.478 e. The van der Waals surface area contributed by atoms with Crippen molar-refractivity contribution in [3.05, 3.63) is 11.8 Å². The van der Waals surface area contributed by atoms with Gasteiger partial charge in [-0.05, 0) is 6.08 Å². The summed E-state index contributed by atoms with van der Waals surface area (Å²) in [5.74, 6) is -2.11. The molecule has 0 aliphatic carbocycles. The van der Waals surface area contributed by atoms with Crippen molar-refractivity contribution >= 4 is 18.2 Å². The van der Waals surface area contributed by atoms with Crippen molar-refractivity contribution in [3.8, 4) is 0 Å². The molecule has 0 aromatic heterocycles. The molecule has 1 aliphatic rings. The highest BCUT2D eigenvalue weighted by molar-refractivity contribution is 5.85. The molecule has 1 heterocycles. The maximum Gasteiger partial charge on any atom is 0.370 e. The number of aliphatic hydroxyl groups is 2. The Bertz CT molecular complexity index is 450. The predicted molar refractivity (Wildman–Crippen MR) is 72.4 cm³/mol. The first-order chi connectivity index (χ1) is 9.90. The zero-order valence-electron chi connectivity index (χ0n) is 11.5. The number of carboxylic acid groups (broad SMARTS) is 1. The van der Waals surface area contributed by atoms with Gasteiger partial charge in [0.1, 0.15) is 6.10 Å². The molecule has 0 fully saturated rings. The number of aliphatic hydroxyl groups excluding tert-OH is 2. The highest BCUT2D eigenvalue weighted by Crippen LogP contribution is 2.24. The van der Waals surface area contributed by atoms with E-state index in [4.69, 9.17) is 20.7 Å². The maximum absolute atomic E-state index is 11.3. The second-order valence-electron chi connectivity index (χ2n) is 4.51. The molecule has 4 atom stereocenters. The van der Waals surface area contributed by atoms with E-state index in [-0.39, 0.29) is 13.0 Å². The van der Waals surface area contributed by atoms with Crippen molar-refractivity contribution in [1.82, 2.24) is 5.32 Å². The highest BCUT2D eigenvalue weighted by atomic mass is 16.5. The molecule has 1 aliphatic heterocycles. The van der Waals surface area contributed by atoms with E-state index in [9.17, 15) is 14.7 Å². The van der Waals surface area contributed by atoms with Gasteiger partial charge in [0, 0.05) is 20.0 Å². The zero-order valence-corrected chi connectivity index (χ0v) is 11.5. The Morgan fingerprint density at radius 1 is 1.62 bits per heavy atom. The number of rotatable bonds is 6. The lowest BCUT2D eigenvalue weighted by atomic mass is 9.93. The first-order valence-electron chi connectivity index (χ1n) is 6.31. The topological polar surface area (TPSA) is 154 Å². The minimum Gasteiger partial charge on any atom is -0.478 e. The second-order valence-corrected chi connectivity index (χ2v) is 4.51. The fourth-order valence-corrected chi connectivity index (χ4v) is 2.09. The summed E-state index contributed by atoms with van der Waals surface area (Å²) in [5, 5.41) is 30.5. The number of hydrogen-bond acceptors (Lipinski definition) is 6. The lowest BCUT2D eigenvalue weighted by molar-refractivity contribution is -0.141. The second kappa shape index (κ2) is 7.60. The van der Waals surface area contributed by atoms with Crippen molar-refractivity contribution in [2.24, 2.45) is 10.7 Å². The van der Waals surface area contributed by atoms with Gasteiger partial charge in [0.25, 0.3) is 0 Å². The third kappa shape index (κ3) is 4.43. The van der Waals surface area contributed by atoms with Gasteiger partial charge in [0.15, 0.2) is 0 Å². The van der Waals surface area contributed by atoms with Gasteiger partial charge in [0.2, 0.25) is 11.7 Å². The van der Waals surface area contributed by atoms with Gasteiger partial charge in [-0.2, -0.15) is 0 Å². The van der Waals surface area contributed by atoms with Crippen LogP contribution in [-0.4, -0.2) is 64.4 Å². The minimum atomic E-state index is -1.32. The van der Waals surface area contributed by atoms with Crippen LogP contribution in [0.15, 0.2) is 16.8 Å². The van der Waals surface area contributed by atoms with Crippen LogP contribution in [-0.2, 0) is 14.3 Å². The van der Waals surface area contributed by atoms with Crippen molar-refractivity contribution in [2.75, 3.05) is 6.61 Å². The molecule has 1 amide bonds. The molecule has 0 spiro atoms. The van der Waals surface area contributed by atoms with E-state index in [1.54, 1.807) is 0 Å². The van der Waals surface area contributed by atoms with Gasteiger partial charge in [-0.15, -0.1) is 0 Å². The third-order valence-electron chi connectivity index (χ3n) is 2.95. The molecule has 0 bridgehead atoms. The van der Waals surface area contributed by atoms with E-state index in [1.807, 2.05) is 0 Å². The number of nitrogens with one attached hydrogen (secondary N) is 1. The Labute approximate surface area is 121 Å². The first-order valence-corrected chi connectivity index (χ1v) is 6.31. The van der Waals surface area contributed by atoms with Crippen molar-refractivity contribution in [1.29, 1.82) is 0 Å². The number of nitrogens with zero attached hydrogens (tertiary/aromatic N) is 1. The summed E-state index contributed by atoms with van der Waals surface area (Å²) >= 11 is 0. The van der Waals surface area contributed by atoms with E-state index < -0.39 is 41.9 Å². The molecular weight excluding hydrogens is 282 g/mol. The number of amides is 1. The minimum absolute atomic E-state index is 0.0350. The summed E-state index contributed by atoms with van der Waals surface area (Å²) in [7, 11) is 0. The standard InChI is InChI=1S/C12H19N3O6/c1-6(17)15-10-7(14-5-13)4-9(12(19)20)21-11(10)8(18)2-3-16/h4-5,7-8,10-11,16,18H,2-3H2,1H3,(H2,13,14)(H,15,17)(H,19,20)/t7-,8+,10+,11-/m0/s1. The van der Waals surface area contributed by atoms with E-state index in [0.29, 0.717) is 0 Å². The van der Waals surface area contributed by atoms with Crippen molar-refractivity contribution < 1.29 is 29.6 Å². The lowest BCUT2D eigenvalue weighted by Gasteiger charge is -2.37. The van der Waals surface area contributed by atoms with Crippen LogP contribution in [0.3, 0.4) is 0 Å². The van der Waals surface area contributed by atoms with Gasteiger partial charge in [-0.25, -0.2) is 4.79 Å². The molecule has 0 saturated heterocycles. The average Bonchev–Trinajstić information content (AvgIpc) is 2.40. The van der Waals surface area contributed by atoms with Crippen LogP contribution >= 0.6 is 0 Å². The van der Waals surface area contributed by atoms with Gasteiger partial charge in [-0.1, -0.05) is 0 Å². The van der Waals surface area contributed by atoms with Crippen LogP contribution in [0.2, 0.25) is 0 Å². The predicted octanol–water partition coefficient (Wildman–Crippen LogP) is -2.04. The summed E-state index contributed by atoms with van der Waals surface area (Å²) in [5.41, 5.74) is 5.23. The molecule has 9 nitrogen and oxygen atoms in total. The summed E-state index contributed by atoms with van der Waals surface area (Å²) in [6, 6.07) is -1.59. The molecule has 0 radical (unpaired) electrons. The fraction of sp³-hybridized carbons (Fsp3) is 0.583. The number of nitrogens with two attached hydrogens (primary N) is 1. The molecule has 9 heteroatoms. The number of hydrogen-bond donors (Lipinski definition) is 5. The van der Waals surface area contributed by atoms with Gasteiger partial charge >= 0.3 is 5.97 Å². The highest BCUT2D eigenvalue weighted by Gasteiger charge is 2.40. The molecule has 1 rings (SSSR count). The Hall–Kier alpha value is -2.13. The molecule has 0 saturated carbocycles. The smallest absolute Gasteiger partial charge is 0.370 e. The maximum atomic E-state index is 11.3. The number of carboxylic acids is 1. The Morgan fingerprint density at radius 2 is 2.29 bits per heavy atom. The van der Waals surface area contributed by atoms with E-state index in [0.717, 1.165) is 6.34 Å². The molecule has 21 heavy (non-hydrogen) atoms. The summed E-state index contributed by atoms with van der Waals surface area (Å²) in [6.07, 6.45) is -0.0894. The number of aliphatic carboxylic acids is 1. The first kappa shape index (κ1) is 16.9. The zero-order chi connectivity index (χ0) is 16.0. The summed E-state index contributed by atoms with van der Waals surface area (Å²) < 4.78 is 5.22. The lowest BCUT2D eigenvalue weighted by Crippen LogP contribution is -2.57. The Kier molecular flexibility index (Phi) is 6.12. The number of aliphatic imine (C=N–C) groups is 1. The van der Waals surface area contributed by atoms with Crippen LogP contribution in [0.1, 0.15) is 13.3 Å². The average molecular weight is 301 g/mol. The fourth-order valence-electron chi connectivity index (χ4n) is 2.09. The van der Waals surface area contributed by atoms with E-state index >= 15 is 0 Å². The van der Waals surface area contributed by atoms with Crippen LogP contribution in [0.5, 0.6) is 0 Å². The van der Waals surface area contributed by atoms with E-state index in [2.05, 4.69) is 10.3 Å². The number of carbonyl (C=O) groups is 2. The molecule has 0 aromatic rings. The third-order valence-corrected chi connectivity index (χ3v) is 2.95. The monoisotopic (exact) mass is 301 g/mol. The number of ether oxygens (including phenoxy) is 1. The molecule has 6 N–H and O–H groups in total. The molecule has 118 valence electrons. The van der Waals surface area contributed by atoms with Gasteiger partial charge in [-0.3, -0.25) is 9.79 Å². The van der Waals surface area contributed by atoms with Gasteiger partial charge in [0.05, 0.1) is 24.5 Å². The number of carbonyl (C=O) groups excluding carboxylic acids is 1. The van der Waals surface area contributed by atoms with Gasteiger partial charge < -0.3 is 31.1 Å². The Morgan fingerprint density at radius 3 is 2.76 bits per heavy atom. The molecule has 0 aromatic carbocycles. The summed E-state index contributed by atoms with van der Waals surface area (Å²) in [4.78, 5) is 26.2. The van der Waals surface area contributed by atoms with Crippen LogP contribution in [0.25, 0.3) is 0 Å².